The molecule has 0 spiro atoms. The lowest BCUT2D eigenvalue weighted by atomic mass is 9.97. The normalized spacial score (nSPS) is 28.5. The molecule has 7 nitrogen and oxygen atoms in total. The Labute approximate surface area is 136 Å². The molecule has 1 aliphatic heterocycles. The van der Waals surface area contributed by atoms with E-state index in [0.29, 0.717) is 0 Å². The molecular formula is C16H28O7. The maximum atomic E-state index is 11.7. The number of carbonyl (C=O) groups is 2. The Balaban J connectivity index is 2.52. The zero-order chi connectivity index (χ0) is 18.0. The summed E-state index contributed by atoms with van der Waals surface area (Å²) in [7, 11) is 0. The Morgan fingerprint density at radius 3 is 1.39 bits per heavy atom. The predicted octanol–water partition coefficient (Wildman–Crippen LogP) is 0.654. The third kappa shape index (κ3) is 5.44. The lowest BCUT2D eigenvalue weighted by Crippen LogP contribution is -2.37. The lowest BCUT2D eigenvalue weighted by molar-refractivity contribution is -0.161. The Kier molecular flexibility index (Phi) is 6.18. The Bertz CT molecular complexity index is 393. The summed E-state index contributed by atoms with van der Waals surface area (Å²) >= 11 is 0. The van der Waals surface area contributed by atoms with Crippen LogP contribution in [-0.2, 0) is 23.8 Å². The molecule has 1 saturated heterocycles. The van der Waals surface area contributed by atoms with Crippen LogP contribution in [-0.4, -0.2) is 59.8 Å². The molecule has 0 aromatic heterocycles. The summed E-state index contributed by atoms with van der Waals surface area (Å²) in [5.41, 5.74) is -1.33. The first-order valence-electron chi connectivity index (χ1n) is 7.70. The van der Waals surface area contributed by atoms with E-state index in [1.807, 2.05) is 0 Å². The monoisotopic (exact) mass is 332 g/mol. The van der Waals surface area contributed by atoms with Gasteiger partial charge in [-0.05, 0) is 41.5 Å². The molecule has 1 aliphatic rings. The van der Waals surface area contributed by atoms with Crippen LogP contribution in [0.2, 0.25) is 0 Å². The first kappa shape index (κ1) is 19.9. The number of carbonyl (C=O) groups excluding carboxylic acids is 2. The molecule has 23 heavy (non-hydrogen) atoms. The molecule has 7 heteroatoms. The van der Waals surface area contributed by atoms with Crippen LogP contribution in [0.5, 0.6) is 0 Å². The van der Waals surface area contributed by atoms with Crippen molar-refractivity contribution in [3.8, 4) is 0 Å². The maximum Gasteiger partial charge on any atom is 0.311 e. The van der Waals surface area contributed by atoms with Gasteiger partial charge in [-0.15, -0.1) is 0 Å². The van der Waals surface area contributed by atoms with Gasteiger partial charge in [-0.2, -0.15) is 0 Å². The van der Waals surface area contributed by atoms with E-state index < -0.39 is 47.2 Å². The molecule has 0 aliphatic carbocycles. The Morgan fingerprint density at radius 1 is 0.826 bits per heavy atom. The number of rotatable bonds is 4. The maximum absolute atomic E-state index is 11.7. The van der Waals surface area contributed by atoms with E-state index in [9.17, 15) is 19.8 Å². The van der Waals surface area contributed by atoms with Crippen LogP contribution in [0.15, 0.2) is 0 Å². The first-order chi connectivity index (χ1) is 10.3. The van der Waals surface area contributed by atoms with Crippen LogP contribution < -0.4 is 0 Å². The van der Waals surface area contributed by atoms with Gasteiger partial charge in [0.05, 0.1) is 10.8 Å². The highest BCUT2D eigenvalue weighted by Gasteiger charge is 2.44. The van der Waals surface area contributed by atoms with Crippen LogP contribution in [0.4, 0.5) is 0 Å². The van der Waals surface area contributed by atoms with Crippen molar-refractivity contribution < 1.29 is 34.0 Å². The smallest absolute Gasteiger partial charge is 0.311 e. The molecule has 2 N–H and O–H groups in total. The van der Waals surface area contributed by atoms with Crippen molar-refractivity contribution in [3.63, 3.8) is 0 Å². The number of aliphatic hydroxyl groups is 2. The summed E-state index contributed by atoms with van der Waals surface area (Å²) in [4.78, 5) is 23.5. The minimum atomic E-state index is -1.21. The average Bonchev–Trinajstić information content (AvgIpc) is 2.67. The molecule has 0 unspecified atom stereocenters. The minimum Gasteiger partial charge on any atom is -0.462 e. The van der Waals surface area contributed by atoms with E-state index in [2.05, 4.69) is 0 Å². The minimum absolute atomic E-state index is 0.169. The second-order valence-electron chi connectivity index (χ2n) is 7.89. The summed E-state index contributed by atoms with van der Waals surface area (Å²) in [6, 6.07) is 0. The molecule has 134 valence electrons. The first-order valence-corrected chi connectivity index (χ1v) is 7.70. The van der Waals surface area contributed by atoms with E-state index >= 15 is 0 Å². The molecule has 1 heterocycles. The van der Waals surface area contributed by atoms with Crippen LogP contribution >= 0.6 is 0 Å². The van der Waals surface area contributed by atoms with E-state index in [1.54, 1.807) is 41.5 Å². The molecule has 0 aromatic carbocycles. The fraction of sp³-hybridized carbons (Fsp3) is 0.875. The molecule has 1 rings (SSSR count). The molecule has 0 aromatic rings. The van der Waals surface area contributed by atoms with Gasteiger partial charge in [-0.3, -0.25) is 9.59 Å². The topological polar surface area (TPSA) is 102 Å². The largest absolute Gasteiger partial charge is 0.462 e. The average molecular weight is 332 g/mol. The van der Waals surface area contributed by atoms with Crippen LogP contribution in [0.3, 0.4) is 0 Å². The van der Waals surface area contributed by atoms with Gasteiger partial charge >= 0.3 is 11.9 Å². The molecule has 1 fully saturated rings. The van der Waals surface area contributed by atoms with Crippen LogP contribution in [0.1, 0.15) is 41.5 Å². The van der Waals surface area contributed by atoms with E-state index in [4.69, 9.17) is 14.2 Å². The molecule has 0 amide bonds. The fourth-order valence-electron chi connectivity index (χ4n) is 1.85. The number of hydrogen-bond donors (Lipinski definition) is 2. The van der Waals surface area contributed by atoms with Crippen LogP contribution in [0.25, 0.3) is 0 Å². The molecule has 0 bridgehead atoms. The highest BCUT2D eigenvalue weighted by molar-refractivity contribution is 5.75. The van der Waals surface area contributed by atoms with Crippen LogP contribution in [0, 0.1) is 10.8 Å². The van der Waals surface area contributed by atoms with Gasteiger partial charge < -0.3 is 24.4 Å². The van der Waals surface area contributed by atoms with Crippen molar-refractivity contribution in [1.82, 2.24) is 0 Å². The van der Waals surface area contributed by atoms with Gasteiger partial charge in [-0.1, -0.05) is 0 Å². The van der Waals surface area contributed by atoms with Crippen molar-refractivity contribution in [1.29, 1.82) is 0 Å². The third-order valence-corrected chi connectivity index (χ3v) is 3.44. The van der Waals surface area contributed by atoms with Gasteiger partial charge in [0, 0.05) is 0 Å². The SMILES string of the molecule is CC(C)(C)C(=O)OC[C@H]1O[C@H](COC(=O)C(C)(C)C)[C@@H](O)[C@@H]1O. The van der Waals surface area contributed by atoms with Crippen molar-refractivity contribution >= 4 is 11.9 Å². The Hall–Kier alpha value is -1.18. The zero-order valence-corrected chi connectivity index (χ0v) is 14.7. The van der Waals surface area contributed by atoms with Gasteiger partial charge in [0.25, 0.3) is 0 Å². The second-order valence-corrected chi connectivity index (χ2v) is 7.89. The Morgan fingerprint density at radius 2 is 1.13 bits per heavy atom. The summed E-state index contributed by atoms with van der Waals surface area (Å²) in [6.45, 7) is 9.94. The van der Waals surface area contributed by atoms with Crippen molar-refractivity contribution in [3.05, 3.63) is 0 Å². The van der Waals surface area contributed by atoms with E-state index in [0.717, 1.165) is 0 Å². The second kappa shape index (κ2) is 7.15. The van der Waals surface area contributed by atoms with Crippen molar-refractivity contribution in [2.24, 2.45) is 10.8 Å². The zero-order valence-electron chi connectivity index (χ0n) is 14.7. The number of hydrogen-bond acceptors (Lipinski definition) is 7. The highest BCUT2D eigenvalue weighted by Crippen LogP contribution is 2.24. The van der Waals surface area contributed by atoms with Gasteiger partial charge in [-0.25, -0.2) is 0 Å². The highest BCUT2D eigenvalue weighted by atomic mass is 16.6. The fourth-order valence-corrected chi connectivity index (χ4v) is 1.85. The number of ether oxygens (including phenoxy) is 3. The van der Waals surface area contributed by atoms with E-state index in [1.165, 1.54) is 0 Å². The van der Waals surface area contributed by atoms with Gasteiger partial charge in [0.15, 0.2) is 0 Å². The summed E-state index contributed by atoms with van der Waals surface area (Å²) < 4.78 is 15.6. The summed E-state index contributed by atoms with van der Waals surface area (Å²) in [5, 5.41) is 19.9. The quantitative estimate of drug-likeness (QED) is 0.729. The van der Waals surface area contributed by atoms with Gasteiger partial charge in [0.1, 0.15) is 37.6 Å². The predicted molar refractivity (Wildman–Crippen MR) is 81.5 cm³/mol. The van der Waals surface area contributed by atoms with E-state index in [-0.39, 0.29) is 13.2 Å². The molecule has 0 radical (unpaired) electrons. The number of aliphatic hydroxyl groups excluding tert-OH is 2. The lowest BCUT2D eigenvalue weighted by Gasteiger charge is -2.20. The third-order valence-electron chi connectivity index (χ3n) is 3.44. The summed E-state index contributed by atoms with van der Waals surface area (Å²) in [5.74, 6) is -0.851. The van der Waals surface area contributed by atoms with Crippen molar-refractivity contribution in [2.45, 2.75) is 66.0 Å². The summed E-state index contributed by atoms with van der Waals surface area (Å²) in [6.07, 6.45) is -4.12. The molecular weight excluding hydrogens is 304 g/mol. The molecule has 4 atom stereocenters. The number of esters is 2. The molecule has 0 saturated carbocycles. The van der Waals surface area contributed by atoms with Crippen molar-refractivity contribution in [2.75, 3.05) is 13.2 Å². The standard InChI is InChI=1S/C16H28O7/c1-15(2,3)13(19)21-7-9-11(17)12(18)10(23-9)8-22-14(20)16(4,5)6/h9-12,17-18H,7-8H2,1-6H3/t9-,10-,11-,12-/m1/s1. The van der Waals surface area contributed by atoms with Gasteiger partial charge in [0.2, 0.25) is 0 Å².